The van der Waals surface area contributed by atoms with Crippen LogP contribution < -0.4 is 5.32 Å². The van der Waals surface area contributed by atoms with Crippen LogP contribution in [0.3, 0.4) is 0 Å². The SMILES string of the molecule is CC[C@@H](C)N[C@@H](C)c1ccc(F)c(F)c1. The molecule has 1 aromatic carbocycles. The van der Waals surface area contributed by atoms with Crippen molar-refractivity contribution in [2.24, 2.45) is 0 Å². The Morgan fingerprint density at radius 1 is 1.20 bits per heavy atom. The summed E-state index contributed by atoms with van der Waals surface area (Å²) >= 11 is 0. The Kier molecular flexibility index (Phi) is 4.21. The van der Waals surface area contributed by atoms with E-state index in [4.69, 9.17) is 0 Å². The Balaban J connectivity index is 2.73. The molecule has 15 heavy (non-hydrogen) atoms. The highest BCUT2D eigenvalue weighted by molar-refractivity contribution is 5.20. The highest BCUT2D eigenvalue weighted by Crippen LogP contribution is 2.16. The number of rotatable bonds is 4. The molecule has 3 heteroatoms. The van der Waals surface area contributed by atoms with Crippen molar-refractivity contribution in [3.05, 3.63) is 35.4 Å². The number of halogens is 2. The highest BCUT2D eigenvalue weighted by Gasteiger charge is 2.10. The van der Waals surface area contributed by atoms with Gasteiger partial charge in [0.15, 0.2) is 11.6 Å². The molecule has 0 aromatic heterocycles. The topological polar surface area (TPSA) is 12.0 Å². The van der Waals surface area contributed by atoms with Crippen LogP contribution in [0.5, 0.6) is 0 Å². The first kappa shape index (κ1) is 12.1. The lowest BCUT2D eigenvalue weighted by atomic mass is 10.1. The van der Waals surface area contributed by atoms with Crippen LogP contribution in [0.4, 0.5) is 8.78 Å². The predicted molar refractivity (Wildman–Crippen MR) is 57.7 cm³/mol. The second kappa shape index (κ2) is 5.21. The van der Waals surface area contributed by atoms with Gasteiger partial charge < -0.3 is 5.32 Å². The molecule has 84 valence electrons. The molecule has 0 aliphatic heterocycles. The minimum absolute atomic E-state index is 0.0371. The first-order chi connectivity index (χ1) is 7.04. The molecular formula is C12H17F2N. The number of hydrogen-bond acceptors (Lipinski definition) is 1. The van der Waals surface area contributed by atoms with Crippen molar-refractivity contribution in [1.29, 1.82) is 0 Å². The van der Waals surface area contributed by atoms with Crippen molar-refractivity contribution < 1.29 is 8.78 Å². The van der Waals surface area contributed by atoms with Gasteiger partial charge in [-0.25, -0.2) is 8.78 Å². The van der Waals surface area contributed by atoms with E-state index in [1.807, 2.05) is 6.92 Å². The van der Waals surface area contributed by atoms with E-state index in [1.165, 1.54) is 12.1 Å². The van der Waals surface area contributed by atoms with Gasteiger partial charge in [0, 0.05) is 12.1 Å². The Bertz CT molecular complexity index is 325. The fourth-order valence-corrected chi connectivity index (χ4v) is 1.42. The molecule has 0 bridgehead atoms. The van der Waals surface area contributed by atoms with Crippen molar-refractivity contribution in [3.63, 3.8) is 0 Å². The highest BCUT2D eigenvalue weighted by atomic mass is 19.2. The molecule has 0 unspecified atom stereocenters. The third-order valence-electron chi connectivity index (χ3n) is 2.59. The summed E-state index contributed by atoms with van der Waals surface area (Å²) in [7, 11) is 0. The monoisotopic (exact) mass is 213 g/mol. The van der Waals surface area contributed by atoms with Crippen molar-refractivity contribution in [1.82, 2.24) is 5.32 Å². The summed E-state index contributed by atoms with van der Waals surface area (Å²) in [6, 6.07) is 4.43. The molecule has 1 aromatic rings. The van der Waals surface area contributed by atoms with Crippen molar-refractivity contribution in [3.8, 4) is 0 Å². The quantitative estimate of drug-likeness (QED) is 0.808. The molecule has 0 aliphatic carbocycles. The molecule has 0 aliphatic rings. The van der Waals surface area contributed by atoms with E-state index < -0.39 is 11.6 Å². The number of benzene rings is 1. The van der Waals surface area contributed by atoms with Gasteiger partial charge in [0.1, 0.15) is 0 Å². The van der Waals surface area contributed by atoms with E-state index in [9.17, 15) is 8.78 Å². The summed E-state index contributed by atoms with van der Waals surface area (Å²) in [6.07, 6.45) is 1.01. The standard InChI is InChI=1S/C12H17F2N/c1-4-8(2)15-9(3)10-5-6-11(13)12(14)7-10/h5-9,15H,4H2,1-3H3/t8-,9+/m1/s1. The van der Waals surface area contributed by atoms with E-state index in [1.54, 1.807) is 6.07 Å². The van der Waals surface area contributed by atoms with Gasteiger partial charge in [-0.15, -0.1) is 0 Å². The minimum Gasteiger partial charge on any atom is -0.308 e. The van der Waals surface area contributed by atoms with Gasteiger partial charge in [-0.2, -0.15) is 0 Å². The second-order valence-corrected chi connectivity index (χ2v) is 3.87. The molecule has 0 heterocycles. The van der Waals surface area contributed by atoms with Gasteiger partial charge in [-0.05, 0) is 38.0 Å². The molecular weight excluding hydrogens is 196 g/mol. The second-order valence-electron chi connectivity index (χ2n) is 3.87. The van der Waals surface area contributed by atoms with Crippen LogP contribution in [0.2, 0.25) is 0 Å². The Morgan fingerprint density at radius 2 is 1.87 bits per heavy atom. The summed E-state index contributed by atoms with van der Waals surface area (Å²) in [5, 5.41) is 3.30. The maximum Gasteiger partial charge on any atom is 0.159 e. The van der Waals surface area contributed by atoms with E-state index >= 15 is 0 Å². The molecule has 0 amide bonds. The maximum absolute atomic E-state index is 13.0. The Morgan fingerprint density at radius 3 is 2.40 bits per heavy atom. The van der Waals surface area contributed by atoms with E-state index in [2.05, 4.69) is 19.2 Å². The van der Waals surface area contributed by atoms with Crippen LogP contribution >= 0.6 is 0 Å². The van der Waals surface area contributed by atoms with Gasteiger partial charge in [-0.3, -0.25) is 0 Å². The van der Waals surface area contributed by atoms with Crippen LogP contribution in [-0.2, 0) is 0 Å². The first-order valence-electron chi connectivity index (χ1n) is 5.25. The van der Waals surface area contributed by atoms with Crippen LogP contribution in [0.15, 0.2) is 18.2 Å². The van der Waals surface area contributed by atoms with E-state index in [-0.39, 0.29) is 6.04 Å². The van der Waals surface area contributed by atoms with Gasteiger partial charge >= 0.3 is 0 Å². The average Bonchev–Trinajstić information content (AvgIpc) is 2.21. The zero-order chi connectivity index (χ0) is 11.4. The summed E-state index contributed by atoms with van der Waals surface area (Å²) in [5.74, 6) is -1.58. The number of nitrogens with one attached hydrogen (secondary N) is 1. The van der Waals surface area contributed by atoms with Crippen LogP contribution in [0.25, 0.3) is 0 Å². The van der Waals surface area contributed by atoms with E-state index in [0.717, 1.165) is 12.0 Å². The van der Waals surface area contributed by atoms with Crippen molar-refractivity contribution >= 4 is 0 Å². The van der Waals surface area contributed by atoms with Gasteiger partial charge in [0.25, 0.3) is 0 Å². The fraction of sp³-hybridized carbons (Fsp3) is 0.500. The average molecular weight is 213 g/mol. The zero-order valence-electron chi connectivity index (χ0n) is 9.35. The maximum atomic E-state index is 13.0. The van der Waals surface area contributed by atoms with Gasteiger partial charge in [0.05, 0.1) is 0 Å². The lowest BCUT2D eigenvalue weighted by Crippen LogP contribution is -2.28. The largest absolute Gasteiger partial charge is 0.308 e. The zero-order valence-corrected chi connectivity index (χ0v) is 9.35. The molecule has 0 fully saturated rings. The van der Waals surface area contributed by atoms with Crippen LogP contribution in [0.1, 0.15) is 38.8 Å². The van der Waals surface area contributed by atoms with Crippen LogP contribution in [-0.4, -0.2) is 6.04 Å². The third-order valence-corrected chi connectivity index (χ3v) is 2.59. The normalized spacial score (nSPS) is 15.0. The lowest BCUT2D eigenvalue weighted by molar-refractivity contribution is 0.462. The molecule has 2 atom stereocenters. The molecule has 0 spiro atoms. The summed E-state index contributed by atoms with van der Waals surface area (Å²) in [6.45, 7) is 6.09. The molecule has 1 nitrogen and oxygen atoms in total. The summed E-state index contributed by atoms with van der Waals surface area (Å²) in [5.41, 5.74) is 0.772. The molecule has 1 rings (SSSR count). The third kappa shape index (κ3) is 3.27. The molecule has 1 N–H and O–H groups in total. The smallest absolute Gasteiger partial charge is 0.159 e. The van der Waals surface area contributed by atoms with Gasteiger partial charge in [0.2, 0.25) is 0 Å². The predicted octanol–water partition coefficient (Wildman–Crippen LogP) is 3.41. The Hall–Kier alpha value is -0.960. The lowest BCUT2D eigenvalue weighted by Gasteiger charge is -2.19. The Labute approximate surface area is 89.5 Å². The summed E-state index contributed by atoms with van der Waals surface area (Å²) in [4.78, 5) is 0. The molecule has 0 saturated heterocycles. The minimum atomic E-state index is -0.797. The van der Waals surface area contributed by atoms with Crippen LogP contribution in [0, 0.1) is 11.6 Å². The van der Waals surface area contributed by atoms with Crippen molar-refractivity contribution in [2.75, 3.05) is 0 Å². The molecule has 0 radical (unpaired) electrons. The van der Waals surface area contributed by atoms with E-state index in [0.29, 0.717) is 6.04 Å². The first-order valence-corrected chi connectivity index (χ1v) is 5.25. The fourth-order valence-electron chi connectivity index (χ4n) is 1.42. The molecule has 0 saturated carbocycles. The van der Waals surface area contributed by atoms with Gasteiger partial charge in [-0.1, -0.05) is 13.0 Å². The van der Waals surface area contributed by atoms with Crippen molar-refractivity contribution in [2.45, 2.75) is 39.3 Å². The summed E-state index contributed by atoms with van der Waals surface area (Å²) < 4.78 is 25.7. The number of hydrogen-bond donors (Lipinski definition) is 1.